The summed E-state index contributed by atoms with van der Waals surface area (Å²) in [7, 11) is 2.21. The monoisotopic (exact) mass is 248 g/mol. The summed E-state index contributed by atoms with van der Waals surface area (Å²) in [5.74, 6) is 0.836. The van der Waals surface area contributed by atoms with E-state index in [9.17, 15) is 0 Å². The number of likely N-dealkylation sites (N-methyl/N-ethyl adjacent to an activating group) is 1. The Morgan fingerprint density at radius 3 is 2.31 bits per heavy atom. The first-order valence-corrected chi connectivity index (χ1v) is 6.35. The minimum absolute atomic E-state index is 0.836. The number of piperazine rings is 1. The van der Waals surface area contributed by atoms with Crippen molar-refractivity contribution in [1.82, 2.24) is 9.80 Å². The van der Waals surface area contributed by atoms with E-state index in [0.29, 0.717) is 0 Å². The number of hydrogen-bond acceptors (Lipinski definition) is 2. The number of halogens is 1. The van der Waals surface area contributed by atoms with E-state index in [1.54, 1.807) is 0 Å². The van der Waals surface area contributed by atoms with Crippen molar-refractivity contribution in [3.63, 3.8) is 0 Å². The van der Waals surface area contributed by atoms with E-state index in [2.05, 4.69) is 39.7 Å². The number of alkyl halides is 1. The third-order valence-electron chi connectivity index (χ3n) is 2.91. The summed E-state index contributed by atoms with van der Waals surface area (Å²) >= 11 is 3.58. The molecule has 1 rings (SSSR count). The summed E-state index contributed by atoms with van der Waals surface area (Å²) in [6.45, 7) is 8.52. The van der Waals surface area contributed by atoms with Gasteiger partial charge in [0, 0.05) is 38.1 Å². The van der Waals surface area contributed by atoms with Crippen molar-refractivity contribution in [2.24, 2.45) is 5.92 Å². The van der Waals surface area contributed by atoms with Crippen molar-refractivity contribution in [2.75, 3.05) is 45.1 Å². The average Bonchev–Trinajstić information content (AvgIpc) is 2.17. The molecule has 1 unspecified atom stereocenters. The molecule has 2 nitrogen and oxygen atoms in total. The van der Waals surface area contributed by atoms with Gasteiger partial charge in [0.15, 0.2) is 0 Å². The highest BCUT2D eigenvalue weighted by molar-refractivity contribution is 9.09. The molecule has 0 spiro atoms. The summed E-state index contributed by atoms with van der Waals surface area (Å²) in [6, 6.07) is 0. The fraction of sp³-hybridized carbons (Fsp3) is 1.00. The van der Waals surface area contributed by atoms with Gasteiger partial charge in [0.25, 0.3) is 0 Å². The molecular weight excluding hydrogens is 228 g/mol. The Morgan fingerprint density at radius 1 is 1.23 bits per heavy atom. The van der Waals surface area contributed by atoms with Crippen LogP contribution in [0.15, 0.2) is 0 Å². The van der Waals surface area contributed by atoms with Crippen molar-refractivity contribution < 1.29 is 0 Å². The first-order valence-electron chi connectivity index (χ1n) is 5.23. The molecule has 0 amide bonds. The first-order chi connectivity index (χ1) is 6.26. The lowest BCUT2D eigenvalue weighted by atomic mass is 10.1. The van der Waals surface area contributed by atoms with Crippen molar-refractivity contribution in [3.05, 3.63) is 0 Å². The van der Waals surface area contributed by atoms with Crippen LogP contribution in [0.2, 0.25) is 0 Å². The van der Waals surface area contributed by atoms with Crippen LogP contribution in [0.5, 0.6) is 0 Å². The Morgan fingerprint density at radius 2 is 1.85 bits per heavy atom. The summed E-state index contributed by atoms with van der Waals surface area (Å²) in [5, 5.41) is 1.15. The lowest BCUT2D eigenvalue weighted by Crippen LogP contribution is -2.46. The van der Waals surface area contributed by atoms with Crippen molar-refractivity contribution in [1.29, 1.82) is 0 Å². The molecular formula is C10H21BrN2. The van der Waals surface area contributed by atoms with Crippen molar-refractivity contribution in [3.8, 4) is 0 Å². The molecule has 78 valence electrons. The van der Waals surface area contributed by atoms with Gasteiger partial charge in [0.1, 0.15) is 0 Å². The number of rotatable bonds is 4. The average molecular weight is 249 g/mol. The van der Waals surface area contributed by atoms with Crippen molar-refractivity contribution in [2.45, 2.75) is 13.3 Å². The third-order valence-corrected chi connectivity index (χ3v) is 3.82. The minimum atomic E-state index is 0.836. The lowest BCUT2D eigenvalue weighted by Gasteiger charge is -2.34. The maximum Gasteiger partial charge on any atom is 0.0110 e. The van der Waals surface area contributed by atoms with Gasteiger partial charge in [-0.25, -0.2) is 0 Å². The molecule has 0 bridgehead atoms. The van der Waals surface area contributed by atoms with Gasteiger partial charge in [0.2, 0.25) is 0 Å². The van der Waals surface area contributed by atoms with Crippen LogP contribution in [0.3, 0.4) is 0 Å². The van der Waals surface area contributed by atoms with Crippen LogP contribution < -0.4 is 0 Å². The summed E-state index contributed by atoms with van der Waals surface area (Å²) in [5.41, 5.74) is 0. The fourth-order valence-electron chi connectivity index (χ4n) is 1.68. The molecule has 0 aromatic carbocycles. The zero-order valence-electron chi connectivity index (χ0n) is 8.80. The van der Waals surface area contributed by atoms with Crippen molar-refractivity contribution >= 4 is 15.9 Å². The smallest absolute Gasteiger partial charge is 0.0110 e. The van der Waals surface area contributed by atoms with E-state index in [-0.39, 0.29) is 0 Å². The summed E-state index contributed by atoms with van der Waals surface area (Å²) < 4.78 is 0. The van der Waals surface area contributed by atoms with Crippen LogP contribution >= 0.6 is 15.9 Å². The Bertz CT molecular complexity index is 129. The largest absolute Gasteiger partial charge is 0.304 e. The molecule has 1 saturated heterocycles. The van der Waals surface area contributed by atoms with Gasteiger partial charge in [0.05, 0.1) is 0 Å². The first kappa shape index (κ1) is 11.5. The van der Waals surface area contributed by atoms with Crippen LogP contribution in [0.25, 0.3) is 0 Å². The zero-order valence-corrected chi connectivity index (χ0v) is 10.4. The molecule has 1 aliphatic rings. The fourth-order valence-corrected chi connectivity index (χ4v) is 2.35. The second-order valence-corrected chi connectivity index (χ2v) is 4.68. The number of nitrogens with zero attached hydrogens (tertiary/aromatic N) is 2. The summed E-state index contributed by atoms with van der Waals surface area (Å²) in [6.07, 6.45) is 1.29. The highest BCUT2D eigenvalue weighted by atomic mass is 79.9. The van der Waals surface area contributed by atoms with Crippen LogP contribution in [0, 0.1) is 5.92 Å². The van der Waals surface area contributed by atoms with Gasteiger partial charge in [-0.1, -0.05) is 29.3 Å². The molecule has 1 fully saturated rings. The highest BCUT2D eigenvalue weighted by Gasteiger charge is 2.16. The minimum Gasteiger partial charge on any atom is -0.304 e. The van der Waals surface area contributed by atoms with Crippen LogP contribution in [0.1, 0.15) is 13.3 Å². The highest BCUT2D eigenvalue weighted by Crippen LogP contribution is 2.10. The lowest BCUT2D eigenvalue weighted by molar-refractivity contribution is 0.139. The molecule has 0 radical (unpaired) electrons. The third kappa shape index (κ3) is 3.96. The van der Waals surface area contributed by atoms with E-state index < -0.39 is 0 Å². The molecule has 13 heavy (non-hydrogen) atoms. The van der Waals surface area contributed by atoms with Gasteiger partial charge < -0.3 is 9.80 Å². The molecule has 0 aromatic heterocycles. The maximum atomic E-state index is 3.58. The molecule has 0 saturated carbocycles. The zero-order chi connectivity index (χ0) is 9.68. The summed E-state index contributed by atoms with van der Waals surface area (Å²) in [4.78, 5) is 5.00. The predicted molar refractivity (Wildman–Crippen MR) is 61.5 cm³/mol. The van der Waals surface area contributed by atoms with Gasteiger partial charge in [-0.3, -0.25) is 0 Å². The van der Waals surface area contributed by atoms with Gasteiger partial charge >= 0.3 is 0 Å². The maximum absolute atomic E-state index is 3.58. The topological polar surface area (TPSA) is 6.48 Å². The molecule has 3 heteroatoms. The Kier molecular flexibility index (Phi) is 5.29. The van der Waals surface area contributed by atoms with E-state index >= 15 is 0 Å². The standard InChI is InChI=1S/C10H21BrN2/c1-3-10(8-11)9-13-6-4-12(2)5-7-13/h10H,3-9H2,1-2H3. The van der Waals surface area contributed by atoms with Gasteiger partial charge in [-0.2, -0.15) is 0 Å². The van der Waals surface area contributed by atoms with Gasteiger partial charge in [-0.05, 0) is 13.0 Å². The second-order valence-electron chi connectivity index (χ2n) is 4.03. The quantitative estimate of drug-likeness (QED) is 0.699. The van der Waals surface area contributed by atoms with Crippen LogP contribution in [0.4, 0.5) is 0 Å². The Hall–Kier alpha value is 0.400. The molecule has 1 aliphatic heterocycles. The van der Waals surface area contributed by atoms with E-state index in [1.807, 2.05) is 0 Å². The molecule has 1 atom stereocenters. The predicted octanol–water partition coefficient (Wildman–Crippen LogP) is 1.65. The molecule has 0 aromatic rings. The Balaban J connectivity index is 2.21. The van der Waals surface area contributed by atoms with Crippen LogP contribution in [-0.4, -0.2) is 54.9 Å². The molecule has 0 aliphatic carbocycles. The van der Waals surface area contributed by atoms with E-state index in [4.69, 9.17) is 0 Å². The van der Waals surface area contributed by atoms with E-state index in [0.717, 1.165) is 11.2 Å². The van der Waals surface area contributed by atoms with Crippen LogP contribution in [-0.2, 0) is 0 Å². The Labute approximate surface area is 90.4 Å². The second kappa shape index (κ2) is 5.99. The number of hydrogen-bond donors (Lipinski definition) is 0. The van der Waals surface area contributed by atoms with Gasteiger partial charge in [-0.15, -0.1) is 0 Å². The SMILES string of the molecule is CCC(CBr)CN1CCN(C)CC1. The molecule has 0 N–H and O–H groups in total. The molecule has 1 heterocycles. The normalized spacial score (nSPS) is 23.3. The van der Waals surface area contributed by atoms with E-state index in [1.165, 1.54) is 39.1 Å².